The lowest BCUT2D eigenvalue weighted by atomic mass is 9.98. The lowest BCUT2D eigenvalue weighted by molar-refractivity contribution is -0.137. The van der Waals surface area contributed by atoms with Crippen molar-refractivity contribution < 1.29 is 13.2 Å². The van der Waals surface area contributed by atoms with Crippen LogP contribution in [0, 0.1) is 5.92 Å². The standard InChI is InChI=1S/C19H27N7O3S/c1-2-23-14-17(22-15-23)30(28,29)26-8-3-5-16(13-26)18(27)24-9-11-25(12-10-24)19-20-6-4-7-21-19/h4,6-7,14-16H,2-3,5,8-13H2,1H3/t16-/m1/s1. The van der Waals surface area contributed by atoms with E-state index in [0.717, 1.165) is 0 Å². The van der Waals surface area contributed by atoms with Gasteiger partial charge in [0.1, 0.15) is 0 Å². The largest absolute Gasteiger partial charge is 0.339 e. The lowest BCUT2D eigenvalue weighted by Gasteiger charge is -2.38. The molecule has 1 atom stereocenters. The number of aryl methyl sites for hydroxylation is 1. The van der Waals surface area contributed by atoms with Gasteiger partial charge in [0.15, 0.2) is 5.03 Å². The smallest absolute Gasteiger partial charge is 0.262 e. The highest BCUT2D eigenvalue weighted by Crippen LogP contribution is 2.25. The van der Waals surface area contributed by atoms with E-state index in [4.69, 9.17) is 0 Å². The van der Waals surface area contributed by atoms with Crippen LogP contribution in [0.25, 0.3) is 0 Å². The van der Waals surface area contributed by atoms with E-state index < -0.39 is 10.0 Å². The van der Waals surface area contributed by atoms with E-state index >= 15 is 0 Å². The summed E-state index contributed by atoms with van der Waals surface area (Å²) in [5, 5.41) is 0.0499. The zero-order valence-corrected chi connectivity index (χ0v) is 17.9. The number of carbonyl (C=O) groups is 1. The molecule has 2 aromatic rings. The highest BCUT2D eigenvalue weighted by molar-refractivity contribution is 7.89. The first kappa shape index (κ1) is 20.7. The third-order valence-electron chi connectivity index (χ3n) is 5.74. The lowest BCUT2D eigenvalue weighted by Crippen LogP contribution is -2.53. The van der Waals surface area contributed by atoms with Crippen LogP contribution in [0.4, 0.5) is 5.95 Å². The Kier molecular flexibility index (Phi) is 6.00. The van der Waals surface area contributed by atoms with Crippen LogP contribution in [0.15, 0.2) is 36.0 Å². The molecule has 2 aliphatic rings. The Balaban J connectivity index is 1.38. The number of amides is 1. The number of anilines is 1. The molecule has 0 N–H and O–H groups in total. The summed E-state index contributed by atoms with van der Waals surface area (Å²) >= 11 is 0. The van der Waals surface area contributed by atoms with Crippen LogP contribution in [-0.4, -0.2) is 82.3 Å². The fourth-order valence-corrected chi connectivity index (χ4v) is 5.44. The van der Waals surface area contributed by atoms with Crippen molar-refractivity contribution in [2.75, 3.05) is 44.2 Å². The minimum Gasteiger partial charge on any atom is -0.339 e. The molecule has 11 heteroatoms. The predicted octanol–water partition coefficient (Wildman–Crippen LogP) is 0.443. The number of carbonyl (C=O) groups excluding carboxylic acids is 1. The van der Waals surface area contributed by atoms with Gasteiger partial charge in [-0.2, -0.15) is 4.31 Å². The van der Waals surface area contributed by atoms with E-state index in [1.807, 2.05) is 11.8 Å². The van der Waals surface area contributed by atoms with Gasteiger partial charge in [-0.15, -0.1) is 0 Å². The summed E-state index contributed by atoms with van der Waals surface area (Å²) in [5.41, 5.74) is 0. The average molecular weight is 434 g/mol. The third kappa shape index (κ3) is 4.17. The minimum atomic E-state index is -3.69. The number of piperidine rings is 1. The summed E-state index contributed by atoms with van der Waals surface area (Å²) in [5.74, 6) is 0.384. The number of imidazole rings is 1. The second-order valence-corrected chi connectivity index (χ2v) is 9.49. The molecule has 2 saturated heterocycles. The first-order valence-electron chi connectivity index (χ1n) is 10.3. The summed E-state index contributed by atoms with van der Waals surface area (Å²) in [6.07, 6.45) is 7.86. The van der Waals surface area contributed by atoms with E-state index in [-0.39, 0.29) is 23.4 Å². The maximum Gasteiger partial charge on any atom is 0.262 e. The zero-order chi connectivity index (χ0) is 21.1. The van der Waals surface area contributed by atoms with Gasteiger partial charge < -0.3 is 14.4 Å². The Morgan fingerprint density at radius 1 is 1.10 bits per heavy atom. The molecular weight excluding hydrogens is 406 g/mol. The molecule has 0 saturated carbocycles. The van der Waals surface area contributed by atoms with Gasteiger partial charge in [0.2, 0.25) is 11.9 Å². The molecule has 0 aliphatic carbocycles. The molecule has 10 nitrogen and oxygen atoms in total. The molecule has 4 heterocycles. The van der Waals surface area contributed by atoms with Crippen LogP contribution in [0.5, 0.6) is 0 Å². The highest BCUT2D eigenvalue weighted by atomic mass is 32.2. The normalized spacial score (nSPS) is 21.0. The van der Waals surface area contributed by atoms with Gasteiger partial charge in [0, 0.05) is 64.4 Å². The molecule has 162 valence electrons. The number of sulfonamides is 1. The van der Waals surface area contributed by atoms with Crippen molar-refractivity contribution in [3.05, 3.63) is 31.0 Å². The van der Waals surface area contributed by atoms with E-state index in [1.54, 1.807) is 29.2 Å². The molecule has 4 rings (SSSR count). The van der Waals surface area contributed by atoms with Gasteiger partial charge >= 0.3 is 0 Å². The molecule has 2 aromatic heterocycles. The van der Waals surface area contributed by atoms with E-state index in [0.29, 0.717) is 58.1 Å². The van der Waals surface area contributed by atoms with Crippen molar-refractivity contribution in [3.8, 4) is 0 Å². The van der Waals surface area contributed by atoms with Crippen LogP contribution in [0.1, 0.15) is 19.8 Å². The summed E-state index contributed by atoms with van der Waals surface area (Å²) in [6.45, 7) is 5.72. The third-order valence-corrected chi connectivity index (χ3v) is 7.49. The van der Waals surface area contributed by atoms with Gasteiger partial charge in [-0.05, 0) is 25.8 Å². The first-order valence-corrected chi connectivity index (χ1v) is 11.8. The van der Waals surface area contributed by atoms with Crippen molar-refractivity contribution in [2.24, 2.45) is 5.92 Å². The van der Waals surface area contributed by atoms with Crippen molar-refractivity contribution in [3.63, 3.8) is 0 Å². The molecule has 0 aromatic carbocycles. The minimum absolute atomic E-state index is 0.0302. The van der Waals surface area contributed by atoms with Crippen LogP contribution >= 0.6 is 0 Å². The molecular formula is C19H27N7O3S. The van der Waals surface area contributed by atoms with Gasteiger partial charge in [-0.1, -0.05) is 0 Å². The number of hydrogen-bond donors (Lipinski definition) is 0. The molecule has 0 spiro atoms. The van der Waals surface area contributed by atoms with Gasteiger partial charge in [-0.3, -0.25) is 4.79 Å². The topological polar surface area (TPSA) is 105 Å². The quantitative estimate of drug-likeness (QED) is 0.674. The van der Waals surface area contributed by atoms with Crippen molar-refractivity contribution >= 4 is 21.9 Å². The number of rotatable bonds is 5. The summed E-state index contributed by atoms with van der Waals surface area (Å²) in [7, 11) is -3.69. The first-order chi connectivity index (χ1) is 14.5. The van der Waals surface area contributed by atoms with E-state index in [9.17, 15) is 13.2 Å². The number of hydrogen-bond acceptors (Lipinski definition) is 7. The molecule has 0 radical (unpaired) electrons. The summed E-state index contributed by atoms with van der Waals surface area (Å²) in [4.78, 5) is 29.6. The van der Waals surface area contributed by atoms with Crippen LogP contribution in [0.3, 0.4) is 0 Å². The second-order valence-electron chi connectivity index (χ2n) is 7.61. The second kappa shape index (κ2) is 8.68. The van der Waals surface area contributed by atoms with E-state index in [2.05, 4.69) is 19.9 Å². The van der Waals surface area contributed by atoms with Gasteiger partial charge in [-0.25, -0.2) is 23.4 Å². The number of aromatic nitrogens is 4. The maximum absolute atomic E-state index is 13.1. The SMILES string of the molecule is CCn1cnc(S(=O)(=O)N2CCC[C@@H](C(=O)N3CCN(c4ncccn4)CC3)C2)c1. The summed E-state index contributed by atoms with van der Waals surface area (Å²) in [6, 6.07) is 1.78. The van der Waals surface area contributed by atoms with Crippen LogP contribution in [0.2, 0.25) is 0 Å². The van der Waals surface area contributed by atoms with Crippen LogP contribution < -0.4 is 4.90 Å². The number of nitrogens with zero attached hydrogens (tertiary/aromatic N) is 7. The Hall–Kier alpha value is -2.53. The molecule has 2 fully saturated rings. The fourth-order valence-electron chi connectivity index (χ4n) is 3.98. The van der Waals surface area contributed by atoms with Crippen LogP contribution in [-0.2, 0) is 21.4 Å². The predicted molar refractivity (Wildman–Crippen MR) is 110 cm³/mol. The molecule has 0 bridgehead atoms. The Morgan fingerprint density at radius 3 is 2.50 bits per heavy atom. The van der Waals surface area contributed by atoms with Gasteiger partial charge in [0.05, 0.1) is 12.2 Å². The van der Waals surface area contributed by atoms with Crippen molar-refractivity contribution in [1.82, 2.24) is 28.7 Å². The average Bonchev–Trinajstić information content (AvgIpc) is 3.30. The molecule has 2 aliphatic heterocycles. The van der Waals surface area contributed by atoms with E-state index in [1.165, 1.54) is 10.6 Å². The Morgan fingerprint density at radius 2 is 1.83 bits per heavy atom. The zero-order valence-electron chi connectivity index (χ0n) is 17.1. The molecule has 30 heavy (non-hydrogen) atoms. The van der Waals surface area contributed by atoms with Crippen molar-refractivity contribution in [2.45, 2.75) is 31.3 Å². The molecule has 0 unspecified atom stereocenters. The Bertz CT molecular complexity index is 971. The fraction of sp³-hybridized carbons (Fsp3) is 0.579. The Labute approximate surface area is 176 Å². The van der Waals surface area contributed by atoms with Crippen molar-refractivity contribution in [1.29, 1.82) is 0 Å². The molecule has 1 amide bonds. The number of piperazine rings is 1. The van der Waals surface area contributed by atoms with Gasteiger partial charge in [0.25, 0.3) is 10.0 Å². The highest BCUT2D eigenvalue weighted by Gasteiger charge is 2.36. The summed E-state index contributed by atoms with van der Waals surface area (Å²) < 4.78 is 29.1. The maximum atomic E-state index is 13.1. The monoisotopic (exact) mass is 433 g/mol.